The van der Waals surface area contributed by atoms with Crippen LogP contribution in [0.5, 0.6) is 0 Å². The first kappa shape index (κ1) is 13.7. The second-order valence-electron chi connectivity index (χ2n) is 5.19. The van der Waals surface area contributed by atoms with Gasteiger partial charge in [0.15, 0.2) is 0 Å². The SMILES string of the molecule is CCCC1CN(CC=C(C)C)C(CC)CN1. The number of allylic oxidation sites excluding steroid dienone is 1. The zero-order valence-corrected chi connectivity index (χ0v) is 11.4. The third-order valence-corrected chi connectivity index (χ3v) is 3.46. The molecule has 0 aromatic carbocycles. The van der Waals surface area contributed by atoms with Gasteiger partial charge in [0, 0.05) is 31.7 Å². The number of rotatable bonds is 5. The molecule has 0 bridgehead atoms. The molecule has 0 radical (unpaired) electrons. The number of nitrogens with zero attached hydrogens (tertiary/aromatic N) is 1. The van der Waals surface area contributed by atoms with E-state index in [9.17, 15) is 0 Å². The Hall–Kier alpha value is -0.340. The van der Waals surface area contributed by atoms with Crippen molar-refractivity contribution in [3.63, 3.8) is 0 Å². The second-order valence-corrected chi connectivity index (χ2v) is 5.19. The highest BCUT2D eigenvalue weighted by Crippen LogP contribution is 2.13. The lowest BCUT2D eigenvalue weighted by Gasteiger charge is -2.39. The molecule has 2 heteroatoms. The van der Waals surface area contributed by atoms with E-state index >= 15 is 0 Å². The summed E-state index contributed by atoms with van der Waals surface area (Å²) in [6.07, 6.45) is 6.20. The van der Waals surface area contributed by atoms with E-state index in [2.05, 4.69) is 44.0 Å². The zero-order chi connectivity index (χ0) is 12.0. The lowest BCUT2D eigenvalue weighted by atomic mass is 10.0. The van der Waals surface area contributed by atoms with Gasteiger partial charge in [0.25, 0.3) is 0 Å². The molecule has 1 rings (SSSR count). The van der Waals surface area contributed by atoms with Gasteiger partial charge < -0.3 is 5.32 Å². The molecule has 2 nitrogen and oxygen atoms in total. The molecule has 0 amide bonds. The first-order valence-corrected chi connectivity index (χ1v) is 6.78. The van der Waals surface area contributed by atoms with Gasteiger partial charge >= 0.3 is 0 Å². The molecule has 16 heavy (non-hydrogen) atoms. The highest BCUT2D eigenvalue weighted by atomic mass is 15.2. The maximum Gasteiger partial charge on any atom is 0.0222 e. The predicted molar refractivity (Wildman–Crippen MR) is 71.8 cm³/mol. The van der Waals surface area contributed by atoms with Crippen molar-refractivity contribution in [1.82, 2.24) is 10.2 Å². The number of nitrogens with one attached hydrogen (secondary N) is 1. The Morgan fingerprint density at radius 1 is 1.38 bits per heavy atom. The molecule has 1 aliphatic rings. The van der Waals surface area contributed by atoms with Gasteiger partial charge in [-0.2, -0.15) is 0 Å². The van der Waals surface area contributed by atoms with Gasteiger partial charge in [-0.05, 0) is 26.7 Å². The first-order valence-electron chi connectivity index (χ1n) is 6.78. The van der Waals surface area contributed by atoms with Crippen LogP contribution in [0.2, 0.25) is 0 Å². The van der Waals surface area contributed by atoms with Crippen molar-refractivity contribution in [3.05, 3.63) is 11.6 Å². The van der Waals surface area contributed by atoms with Gasteiger partial charge in [-0.3, -0.25) is 4.90 Å². The summed E-state index contributed by atoms with van der Waals surface area (Å²) < 4.78 is 0. The van der Waals surface area contributed by atoms with Gasteiger partial charge in [-0.15, -0.1) is 0 Å². The fourth-order valence-corrected chi connectivity index (χ4v) is 2.40. The Bertz CT molecular complexity index is 219. The van der Waals surface area contributed by atoms with Crippen molar-refractivity contribution in [2.24, 2.45) is 0 Å². The normalized spacial score (nSPS) is 26.8. The van der Waals surface area contributed by atoms with Crippen molar-refractivity contribution < 1.29 is 0 Å². The van der Waals surface area contributed by atoms with E-state index in [0.29, 0.717) is 6.04 Å². The smallest absolute Gasteiger partial charge is 0.0222 e. The van der Waals surface area contributed by atoms with Crippen LogP contribution >= 0.6 is 0 Å². The zero-order valence-electron chi connectivity index (χ0n) is 11.4. The standard InChI is InChI=1S/C14H28N2/c1-5-7-13-11-16(9-8-12(3)4)14(6-2)10-15-13/h8,13-15H,5-7,9-11H2,1-4H3. The van der Waals surface area contributed by atoms with Crippen LogP contribution in [0.25, 0.3) is 0 Å². The molecular weight excluding hydrogens is 196 g/mol. The van der Waals surface area contributed by atoms with E-state index < -0.39 is 0 Å². The lowest BCUT2D eigenvalue weighted by molar-refractivity contribution is 0.137. The van der Waals surface area contributed by atoms with Gasteiger partial charge in [-0.25, -0.2) is 0 Å². The Labute approximate surface area is 101 Å². The summed E-state index contributed by atoms with van der Waals surface area (Å²) in [7, 11) is 0. The molecule has 1 fully saturated rings. The molecule has 0 aliphatic carbocycles. The van der Waals surface area contributed by atoms with E-state index in [4.69, 9.17) is 0 Å². The Morgan fingerprint density at radius 2 is 2.12 bits per heavy atom. The van der Waals surface area contributed by atoms with E-state index in [1.165, 1.54) is 31.4 Å². The van der Waals surface area contributed by atoms with Gasteiger partial charge in [0.05, 0.1) is 0 Å². The van der Waals surface area contributed by atoms with Crippen LogP contribution in [0.3, 0.4) is 0 Å². The van der Waals surface area contributed by atoms with Crippen LogP contribution < -0.4 is 5.32 Å². The number of hydrogen-bond donors (Lipinski definition) is 1. The highest BCUT2D eigenvalue weighted by molar-refractivity contribution is 4.97. The van der Waals surface area contributed by atoms with Gasteiger partial charge in [0.2, 0.25) is 0 Å². The molecule has 1 aliphatic heterocycles. The summed E-state index contributed by atoms with van der Waals surface area (Å²) in [5.41, 5.74) is 1.43. The van der Waals surface area contributed by atoms with Crippen LogP contribution in [0, 0.1) is 0 Å². The molecule has 1 saturated heterocycles. The van der Waals surface area contributed by atoms with Crippen molar-refractivity contribution in [2.75, 3.05) is 19.6 Å². The van der Waals surface area contributed by atoms with Crippen molar-refractivity contribution in [3.8, 4) is 0 Å². The van der Waals surface area contributed by atoms with Crippen LogP contribution in [-0.4, -0.2) is 36.6 Å². The largest absolute Gasteiger partial charge is 0.311 e. The molecule has 0 saturated carbocycles. The number of hydrogen-bond acceptors (Lipinski definition) is 2. The topological polar surface area (TPSA) is 15.3 Å². The average Bonchev–Trinajstić information content (AvgIpc) is 2.27. The maximum atomic E-state index is 3.68. The Balaban J connectivity index is 2.49. The molecule has 1 N–H and O–H groups in total. The fraction of sp³-hybridized carbons (Fsp3) is 0.857. The maximum absolute atomic E-state index is 3.68. The van der Waals surface area contributed by atoms with E-state index in [1.807, 2.05) is 0 Å². The minimum absolute atomic E-state index is 0.707. The number of piperazine rings is 1. The van der Waals surface area contributed by atoms with Gasteiger partial charge in [-0.1, -0.05) is 31.9 Å². The third-order valence-electron chi connectivity index (χ3n) is 3.46. The summed E-state index contributed by atoms with van der Waals surface area (Å²) >= 11 is 0. The molecule has 0 aromatic rings. The lowest BCUT2D eigenvalue weighted by Crippen LogP contribution is -2.56. The molecule has 2 unspecified atom stereocenters. The van der Waals surface area contributed by atoms with Crippen LogP contribution in [0.15, 0.2) is 11.6 Å². The van der Waals surface area contributed by atoms with Crippen LogP contribution in [0.4, 0.5) is 0 Å². The van der Waals surface area contributed by atoms with E-state index in [0.717, 1.165) is 19.1 Å². The van der Waals surface area contributed by atoms with Gasteiger partial charge in [0.1, 0.15) is 0 Å². The molecule has 0 aromatic heterocycles. The highest BCUT2D eigenvalue weighted by Gasteiger charge is 2.24. The summed E-state index contributed by atoms with van der Waals surface area (Å²) in [6, 6.07) is 1.43. The molecule has 0 spiro atoms. The predicted octanol–water partition coefficient (Wildman–Crippen LogP) is 2.81. The first-order chi connectivity index (χ1) is 7.67. The minimum atomic E-state index is 0.707. The average molecular weight is 224 g/mol. The summed E-state index contributed by atoms with van der Waals surface area (Å²) in [4.78, 5) is 2.64. The fourth-order valence-electron chi connectivity index (χ4n) is 2.40. The Morgan fingerprint density at radius 3 is 2.69 bits per heavy atom. The van der Waals surface area contributed by atoms with Crippen molar-refractivity contribution in [1.29, 1.82) is 0 Å². The molecule has 1 heterocycles. The van der Waals surface area contributed by atoms with Crippen molar-refractivity contribution >= 4 is 0 Å². The quantitative estimate of drug-likeness (QED) is 0.722. The third kappa shape index (κ3) is 4.26. The van der Waals surface area contributed by atoms with Crippen molar-refractivity contribution in [2.45, 2.75) is 59.0 Å². The monoisotopic (exact) mass is 224 g/mol. The summed E-state index contributed by atoms with van der Waals surface area (Å²) in [5.74, 6) is 0. The molecular formula is C14H28N2. The summed E-state index contributed by atoms with van der Waals surface area (Å²) in [6.45, 7) is 12.5. The van der Waals surface area contributed by atoms with Crippen LogP contribution in [-0.2, 0) is 0 Å². The molecule has 2 atom stereocenters. The Kier molecular flexibility index (Phi) is 6.07. The molecule has 94 valence electrons. The van der Waals surface area contributed by atoms with E-state index in [-0.39, 0.29) is 0 Å². The minimum Gasteiger partial charge on any atom is -0.311 e. The van der Waals surface area contributed by atoms with E-state index in [1.54, 1.807) is 0 Å². The second kappa shape index (κ2) is 7.08. The summed E-state index contributed by atoms with van der Waals surface area (Å²) in [5, 5.41) is 3.68. The van der Waals surface area contributed by atoms with Crippen LogP contribution in [0.1, 0.15) is 47.0 Å².